The topological polar surface area (TPSA) is 18.5 Å². The van der Waals surface area contributed by atoms with Crippen LogP contribution in [0.5, 0.6) is 0 Å². The van der Waals surface area contributed by atoms with Crippen molar-refractivity contribution in [1.82, 2.24) is 0 Å². The molecule has 0 atom stereocenters. The minimum Gasteiger partial charge on any atom is -0.462 e. The predicted molar refractivity (Wildman–Crippen MR) is 16.2 cm³/mol. The van der Waals surface area contributed by atoms with Crippen LogP contribution in [0.1, 0.15) is 0 Å². The summed E-state index contributed by atoms with van der Waals surface area (Å²) in [5.74, 6) is 0. The summed E-state index contributed by atoms with van der Waals surface area (Å²) in [7, 11) is 0. The number of hydrogen-bond donors (Lipinski definition) is 0. The zero-order chi connectivity index (χ0) is 3.54. The Kier molecular flexibility index (Phi) is 3.28. The van der Waals surface area contributed by atoms with Crippen LogP contribution in [0.4, 0.5) is 0 Å². The first-order chi connectivity index (χ1) is 2.50. The molecule has 0 aliphatic carbocycles. The molecule has 3 heteroatoms. The quantitative estimate of drug-likeness (QED) is 0.432. The van der Waals surface area contributed by atoms with Gasteiger partial charge in [0.15, 0.2) is 0 Å². The summed E-state index contributed by atoms with van der Waals surface area (Å²) in [6.45, 7) is 0.389. The monoisotopic (exact) mass is 120 g/mol. The summed E-state index contributed by atoms with van der Waals surface area (Å²) >= 11 is 0. The first kappa shape index (κ1) is 6.05. The van der Waals surface area contributed by atoms with E-state index in [0.717, 1.165) is 0 Å². The van der Waals surface area contributed by atoms with Crippen LogP contribution in [0.2, 0.25) is 0 Å². The molecule has 0 amide bonds. The standard InChI is InChI=1S/C3H4O2.Ti/c1-2-5-3-4-1;/h1-2H,3H2;. The second-order valence-corrected chi connectivity index (χ2v) is 0.723. The van der Waals surface area contributed by atoms with Gasteiger partial charge in [0.25, 0.3) is 0 Å². The largest absolute Gasteiger partial charge is 0.462 e. The molecular formula is C3H4O2Ti. The van der Waals surface area contributed by atoms with Gasteiger partial charge in [-0.3, -0.25) is 0 Å². The van der Waals surface area contributed by atoms with E-state index in [4.69, 9.17) is 0 Å². The molecular weight excluding hydrogens is 116 g/mol. The van der Waals surface area contributed by atoms with Crippen LogP contribution in [0, 0.1) is 0 Å². The molecule has 1 aliphatic heterocycles. The van der Waals surface area contributed by atoms with Crippen molar-refractivity contribution in [1.29, 1.82) is 0 Å². The molecule has 0 unspecified atom stereocenters. The van der Waals surface area contributed by atoms with Crippen LogP contribution in [0.15, 0.2) is 12.5 Å². The molecule has 1 rings (SSSR count). The molecule has 0 bridgehead atoms. The molecule has 0 N–H and O–H groups in total. The maximum atomic E-state index is 4.54. The summed E-state index contributed by atoms with van der Waals surface area (Å²) in [5, 5.41) is 0. The normalized spacial score (nSPS) is 14.7. The maximum absolute atomic E-state index is 4.54. The van der Waals surface area contributed by atoms with E-state index in [-0.39, 0.29) is 21.7 Å². The number of hydrogen-bond acceptors (Lipinski definition) is 2. The van der Waals surface area contributed by atoms with Crippen molar-refractivity contribution in [2.75, 3.05) is 6.79 Å². The minimum atomic E-state index is 0. The van der Waals surface area contributed by atoms with Crippen molar-refractivity contribution in [2.45, 2.75) is 0 Å². The fourth-order valence-corrected chi connectivity index (χ4v) is 0.196. The van der Waals surface area contributed by atoms with Gasteiger partial charge < -0.3 is 9.47 Å². The summed E-state index contributed by atoms with van der Waals surface area (Å²) < 4.78 is 9.08. The van der Waals surface area contributed by atoms with Crippen LogP contribution in [0.25, 0.3) is 0 Å². The first-order valence-electron chi connectivity index (χ1n) is 1.38. The predicted octanol–water partition coefficient (Wildman–Crippen LogP) is 0.459. The van der Waals surface area contributed by atoms with Gasteiger partial charge in [-0.2, -0.15) is 0 Å². The molecule has 6 heavy (non-hydrogen) atoms. The Morgan fingerprint density at radius 1 is 1.17 bits per heavy atom. The van der Waals surface area contributed by atoms with Gasteiger partial charge in [-0.25, -0.2) is 0 Å². The zero-order valence-electron chi connectivity index (χ0n) is 3.18. The van der Waals surface area contributed by atoms with E-state index in [9.17, 15) is 0 Å². The van der Waals surface area contributed by atoms with Gasteiger partial charge in [0, 0.05) is 21.7 Å². The van der Waals surface area contributed by atoms with Gasteiger partial charge in [0.05, 0.1) is 0 Å². The Hall–Kier alpha value is 0.0543. The Morgan fingerprint density at radius 3 is 1.83 bits per heavy atom. The summed E-state index contributed by atoms with van der Waals surface area (Å²) in [6, 6.07) is 0. The van der Waals surface area contributed by atoms with Gasteiger partial charge in [-0.15, -0.1) is 0 Å². The van der Waals surface area contributed by atoms with Crippen molar-refractivity contribution < 1.29 is 31.2 Å². The summed E-state index contributed by atoms with van der Waals surface area (Å²) in [4.78, 5) is 0. The van der Waals surface area contributed by atoms with Gasteiger partial charge in [0.2, 0.25) is 6.79 Å². The van der Waals surface area contributed by atoms with E-state index < -0.39 is 0 Å². The number of ether oxygens (including phenoxy) is 2. The molecule has 0 aromatic carbocycles. The van der Waals surface area contributed by atoms with Crippen LogP contribution >= 0.6 is 0 Å². The molecule has 0 saturated carbocycles. The third-order valence-corrected chi connectivity index (χ3v) is 0.384. The zero-order valence-corrected chi connectivity index (χ0v) is 4.74. The van der Waals surface area contributed by atoms with Crippen molar-refractivity contribution in [2.24, 2.45) is 0 Å². The maximum Gasteiger partial charge on any atom is 0.229 e. The van der Waals surface area contributed by atoms with Gasteiger partial charge in [0.1, 0.15) is 12.5 Å². The number of rotatable bonds is 0. The Balaban J connectivity index is 0.000000250. The third-order valence-electron chi connectivity index (χ3n) is 0.384. The molecule has 0 radical (unpaired) electrons. The summed E-state index contributed by atoms with van der Waals surface area (Å²) in [5.41, 5.74) is 0. The average molecular weight is 120 g/mol. The van der Waals surface area contributed by atoms with Crippen molar-refractivity contribution in [3.63, 3.8) is 0 Å². The SMILES string of the molecule is C1=COCO1.[Ti]. The minimum absolute atomic E-state index is 0. The summed E-state index contributed by atoms with van der Waals surface area (Å²) in [6.07, 6.45) is 3.03. The molecule has 1 heterocycles. The van der Waals surface area contributed by atoms with Crippen molar-refractivity contribution in [3.05, 3.63) is 12.5 Å². The van der Waals surface area contributed by atoms with E-state index in [0.29, 0.717) is 6.79 Å². The first-order valence-corrected chi connectivity index (χ1v) is 1.38. The molecule has 1 aliphatic rings. The van der Waals surface area contributed by atoms with E-state index in [1.165, 1.54) is 12.5 Å². The fraction of sp³-hybridized carbons (Fsp3) is 0.333. The average Bonchev–Trinajstić information content (AvgIpc) is 1.76. The van der Waals surface area contributed by atoms with Crippen LogP contribution in [-0.4, -0.2) is 6.79 Å². The second-order valence-electron chi connectivity index (χ2n) is 0.723. The Bertz CT molecular complexity index is 46.8. The smallest absolute Gasteiger partial charge is 0.229 e. The van der Waals surface area contributed by atoms with Crippen LogP contribution < -0.4 is 0 Å². The third kappa shape index (κ3) is 1.48. The molecule has 32 valence electrons. The van der Waals surface area contributed by atoms with Crippen molar-refractivity contribution in [3.8, 4) is 0 Å². The van der Waals surface area contributed by atoms with E-state index in [1.54, 1.807) is 0 Å². The van der Waals surface area contributed by atoms with Gasteiger partial charge in [-0.1, -0.05) is 0 Å². The van der Waals surface area contributed by atoms with Crippen LogP contribution in [-0.2, 0) is 31.2 Å². The Morgan fingerprint density at radius 2 is 1.67 bits per heavy atom. The molecule has 0 spiro atoms. The fourth-order valence-electron chi connectivity index (χ4n) is 0.196. The second kappa shape index (κ2) is 3.25. The van der Waals surface area contributed by atoms with E-state index >= 15 is 0 Å². The molecule has 0 saturated heterocycles. The van der Waals surface area contributed by atoms with E-state index in [1.807, 2.05) is 0 Å². The molecule has 0 aromatic rings. The van der Waals surface area contributed by atoms with E-state index in [2.05, 4.69) is 9.47 Å². The van der Waals surface area contributed by atoms with Crippen LogP contribution in [0.3, 0.4) is 0 Å². The van der Waals surface area contributed by atoms with Gasteiger partial charge >= 0.3 is 0 Å². The molecule has 0 aromatic heterocycles. The Labute approximate surface area is 51.0 Å². The molecule has 2 nitrogen and oxygen atoms in total. The molecule has 0 fully saturated rings. The van der Waals surface area contributed by atoms with Crippen molar-refractivity contribution >= 4 is 0 Å². The van der Waals surface area contributed by atoms with Gasteiger partial charge in [-0.05, 0) is 0 Å².